The summed E-state index contributed by atoms with van der Waals surface area (Å²) in [6.07, 6.45) is 1.62. The molecule has 0 radical (unpaired) electrons. The number of benzene rings is 2. The van der Waals surface area contributed by atoms with Gasteiger partial charge >= 0.3 is 0 Å². The molecule has 1 aliphatic rings. The lowest BCUT2D eigenvalue weighted by Crippen LogP contribution is -2.16. The molecule has 7 nitrogen and oxygen atoms in total. The molecule has 0 bridgehead atoms. The zero-order valence-corrected chi connectivity index (χ0v) is 16.6. The number of hydrogen-bond donors (Lipinski definition) is 2. The summed E-state index contributed by atoms with van der Waals surface area (Å²) in [6, 6.07) is 14.9. The van der Waals surface area contributed by atoms with Gasteiger partial charge in [-0.1, -0.05) is 35.9 Å². The third kappa shape index (κ3) is 3.44. The van der Waals surface area contributed by atoms with Gasteiger partial charge in [0, 0.05) is 28.9 Å². The van der Waals surface area contributed by atoms with E-state index >= 15 is 0 Å². The fourth-order valence-corrected chi connectivity index (χ4v) is 3.67. The molecule has 2 N–H and O–H groups in total. The first-order chi connectivity index (χ1) is 14.7. The normalized spacial score (nSPS) is 12.7. The molecule has 0 saturated heterocycles. The molecule has 2 aromatic carbocycles. The second-order valence-corrected chi connectivity index (χ2v) is 7.19. The number of anilines is 1. The van der Waals surface area contributed by atoms with E-state index in [9.17, 15) is 4.79 Å². The zero-order chi connectivity index (χ0) is 20.5. The second-order valence-electron chi connectivity index (χ2n) is 6.78. The SMILES string of the molecule is O=c1[nH]c(NCc2ccc3c(c2)OCCO3)nc2nccc(-c3ccccc3Cl)c12. The van der Waals surface area contributed by atoms with Crippen LogP contribution in [0.5, 0.6) is 11.5 Å². The molecule has 8 heteroatoms. The van der Waals surface area contributed by atoms with Crippen LogP contribution in [0.25, 0.3) is 22.2 Å². The minimum absolute atomic E-state index is 0.285. The number of fused-ring (bicyclic) bond motifs is 2. The molecule has 0 spiro atoms. The fraction of sp³-hybridized carbons (Fsp3) is 0.136. The van der Waals surface area contributed by atoms with Gasteiger partial charge in [0.25, 0.3) is 5.56 Å². The van der Waals surface area contributed by atoms with Crippen LogP contribution in [-0.2, 0) is 6.54 Å². The van der Waals surface area contributed by atoms with Crippen LogP contribution in [0.4, 0.5) is 5.95 Å². The maximum atomic E-state index is 12.9. The van der Waals surface area contributed by atoms with Crippen molar-refractivity contribution in [2.24, 2.45) is 0 Å². The number of hydrogen-bond acceptors (Lipinski definition) is 6. The average molecular weight is 421 g/mol. The van der Waals surface area contributed by atoms with Gasteiger partial charge in [-0.15, -0.1) is 0 Å². The molecule has 0 unspecified atom stereocenters. The van der Waals surface area contributed by atoms with Gasteiger partial charge < -0.3 is 14.8 Å². The van der Waals surface area contributed by atoms with Crippen LogP contribution >= 0.6 is 11.6 Å². The van der Waals surface area contributed by atoms with Crippen LogP contribution in [-0.4, -0.2) is 28.2 Å². The Morgan fingerprint density at radius 3 is 2.73 bits per heavy atom. The van der Waals surface area contributed by atoms with Gasteiger partial charge in [-0.25, -0.2) is 4.98 Å². The second kappa shape index (κ2) is 7.68. The lowest BCUT2D eigenvalue weighted by atomic mass is 10.0. The molecule has 4 aromatic rings. The molecule has 3 heterocycles. The lowest BCUT2D eigenvalue weighted by Gasteiger charge is -2.19. The average Bonchev–Trinajstić information content (AvgIpc) is 2.77. The van der Waals surface area contributed by atoms with E-state index in [-0.39, 0.29) is 5.56 Å². The summed E-state index contributed by atoms with van der Waals surface area (Å²) in [5, 5.41) is 4.10. The maximum absolute atomic E-state index is 12.9. The van der Waals surface area contributed by atoms with Crippen molar-refractivity contribution < 1.29 is 9.47 Å². The Labute approximate surface area is 176 Å². The quantitative estimate of drug-likeness (QED) is 0.518. The summed E-state index contributed by atoms with van der Waals surface area (Å²) < 4.78 is 11.1. The molecule has 1 aliphatic heterocycles. The molecule has 5 rings (SSSR count). The highest BCUT2D eigenvalue weighted by molar-refractivity contribution is 6.33. The van der Waals surface area contributed by atoms with Gasteiger partial charge in [-0.3, -0.25) is 9.78 Å². The van der Waals surface area contributed by atoms with Crippen LogP contribution in [0.1, 0.15) is 5.56 Å². The monoisotopic (exact) mass is 420 g/mol. The molecule has 0 atom stereocenters. The summed E-state index contributed by atoms with van der Waals surface area (Å²) in [6.45, 7) is 1.54. The molecule has 2 aromatic heterocycles. The van der Waals surface area contributed by atoms with Crippen molar-refractivity contribution >= 4 is 28.6 Å². The number of H-pyrrole nitrogens is 1. The fourth-order valence-electron chi connectivity index (χ4n) is 3.43. The van der Waals surface area contributed by atoms with Crippen molar-refractivity contribution in [1.29, 1.82) is 0 Å². The lowest BCUT2D eigenvalue weighted by molar-refractivity contribution is 0.171. The summed E-state index contributed by atoms with van der Waals surface area (Å²) in [5.74, 6) is 1.79. The summed E-state index contributed by atoms with van der Waals surface area (Å²) in [5.41, 5.74) is 2.49. The smallest absolute Gasteiger partial charge is 0.262 e. The largest absolute Gasteiger partial charge is 0.486 e. The molecule has 0 fully saturated rings. The predicted molar refractivity (Wildman–Crippen MR) is 115 cm³/mol. The highest BCUT2D eigenvalue weighted by Crippen LogP contribution is 2.32. The first kappa shape index (κ1) is 18.4. The number of nitrogens with zero attached hydrogens (tertiary/aromatic N) is 2. The van der Waals surface area contributed by atoms with E-state index in [0.717, 1.165) is 16.9 Å². The van der Waals surface area contributed by atoms with E-state index in [0.29, 0.717) is 53.1 Å². The Kier molecular flexibility index (Phi) is 4.72. The van der Waals surface area contributed by atoms with Crippen molar-refractivity contribution in [3.05, 3.63) is 75.7 Å². The zero-order valence-electron chi connectivity index (χ0n) is 15.8. The molecule has 0 saturated carbocycles. The van der Waals surface area contributed by atoms with Crippen molar-refractivity contribution in [3.63, 3.8) is 0 Å². The van der Waals surface area contributed by atoms with E-state index in [1.807, 2.05) is 36.4 Å². The van der Waals surface area contributed by atoms with Gasteiger partial charge in [-0.2, -0.15) is 4.98 Å². The van der Waals surface area contributed by atoms with Gasteiger partial charge in [-0.05, 0) is 29.8 Å². The van der Waals surface area contributed by atoms with E-state index < -0.39 is 0 Å². The van der Waals surface area contributed by atoms with Crippen LogP contribution in [0.3, 0.4) is 0 Å². The minimum Gasteiger partial charge on any atom is -0.486 e. The summed E-state index contributed by atoms with van der Waals surface area (Å²) in [7, 11) is 0. The maximum Gasteiger partial charge on any atom is 0.262 e. The Balaban J connectivity index is 1.46. The van der Waals surface area contributed by atoms with E-state index in [4.69, 9.17) is 21.1 Å². The van der Waals surface area contributed by atoms with Gasteiger partial charge in [0.15, 0.2) is 17.1 Å². The van der Waals surface area contributed by atoms with Crippen molar-refractivity contribution in [2.75, 3.05) is 18.5 Å². The highest BCUT2D eigenvalue weighted by Gasteiger charge is 2.14. The van der Waals surface area contributed by atoms with Crippen LogP contribution < -0.4 is 20.3 Å². The first-order valence-electron chi connectivity index (χ1n) is 9.45. The number of halogens is 1. The summed E-state index contributed by atoms with van der Waals surface area (Å²) >= 11 is 6.33. The molecule has 0 amide bonds. The predicted octanol–water partition coefficient (Wildman–Crippen LogP) is 4.02. The van der Waals surface area contributed by atoms with Gasteiger partial charge in [0.1, 0.15) is 13.2 Å². The Hall–Kier alpha value is -3.58. The van der Waals surface area contributed by atoms with Crippen LogP contribution in [0.2, 0.25) is 5.02 Å². The Bertz CT molecular complexity index is 1310. The third-order valence-corrected chi connectivity index (χ3v) is 5.17. The number of aromatic nitrogens is 3. The van der Waals surface area contributed by atoms with Gasteiger partial charge in [0.05, 0.1) is 5.39 Å². The van der Waals surface area contributed by atoms with E-state index in [1.165, 1.54) is 0 Å². The Morgan fingerprint density at radius 2 is 1.87 bits per heavy atom. The highest BCUT2D eigenvalue weighted by atomic mass is 35.5. The number of aromatic amines is 1. The third-order valence-electron chi connectivity index (χ3n) is 4.84. The Morgan fingerprint density at radius 1 is 1.03 bits per heavy atom. The van der Waals surface area contributed by atoms with Crippen LogP contribution in [0.15, 0.2) is 59.5 Å². The molecular formula is C22H17ClN4O3. The first-order valence-corrected chi connectivity index (χ1v) is 9.83. The standard InChI is InChI=1S/C22H17ClN4O3/c23-16-4-2-1-3-14(16)15-7-8-24-20-19(15)21(28)27-22(26-20)25-12-13-5-6-17-18(11-13)30-10-9-29-17/h1-8,11H,9-10,12H2,(H2,24,25,26,27,28). The molecule has 0 aliphatic carbocycles. The van der Waals surface area contributed by atoms with Crippen LogP contribution in [0, 0.1) is 0 Å². The molecule has 30 heavy (non-hydrogen) atoms. The number of pyridine rings is 1. The van der Waals surface area contributed by atoms with Crippen molar-refractivity contribution in [3.8, 4) is 22.6 Å². The number of nitrogens with one attached hydrogen (secondary N) is 2. The topological polar surface area (TPSA) is 89.1 Å². The number of rotatable bonds is 4. The summed E-state index contributed by atoms with van der Waals surface area (Å²) in [4.78, 5) is 24.4. The van der Waals surface area contributed by atoms with E-state index in [1.54, 1.807) is 18.3 Å². The molecule has 150 valence electrons. The number of ether oxygens (including phenoxy) is 2. The van der Waals surface area contributed by atoms with Crippen molar-refractivity contribution in [2.45, 2.75) is 6.54 Å². The van der Waals surface area contributed by atoms with Gasteiger partial charge in [0.2, 0.25) is 5.95 Å². The minimum atomic E-state index is -0.285. The molecular weight excluding hydrogens is 404 g/mol. The van der Waals surface area contributed by atoms with E-state index in [2.05, 4.69) is 20.3 Å². The van der Waals surface area contributed by atoms with Crippen molar-refractivity contribution in [1.82, 2.24) is 15.0 Å².